The SMILES string of the molecule is CCC(C)(CNC(=O)Nc1c(Cl)ccc(C)c1Cl)C(=O)O. The fourth-order valence-corrected chi connectivity index (χ4v) is 2.02. The number of carbonyl (C=O) groups is 2. The van der Waals surface area contributed by atoms with Crippen molar-refractivity contribution in [2.75, 3.05) is 11.9 Å². The number of aryl methyl sites for hydroxylation is 1. The topological polar surface area (TPSA) is 78.4 Å². The van der Waals surface area contributed by atoms with Gasteiger partial charge in [0.05, 0.1) is 21.1 Å². The first kappa shape index (κ1) is 17.6. The predicted molar refractivity (Wildman–Crippen MR) is 84.3 cm³/mol. The maximum Gasteiger partial charge on any atom is 0.319 e. The largest absolute Gasteiger partial charge is 0.481 e. The van der Waals surface area contributed by atoms with Gasteiger partial charge in [0.2, 0.25) is 0 Å². The first-order valence-electron chi connectivity index (χ1n) is 6.44. The fourth-order valence-electron chi connectivity index (χ4n) is 1.56. The minimum Gasteiger partial charge on any atom is -0.481 e. The van der Waals surface area contributed by atoms with Crippen LogP contribution in [0.15, 0.2) is 12.1 Å². The van der Waals surface area contributed by atoms with Crippen LogP contribution in [0, 0.1) is 12.3 Å². The average molecular weight is 333 g/mol. The molecule has 7 heteroatoms. The van der Waals surface area contributed by atoms with E-state index in [1.807, 2.05) is 0 Å². The van der Waals surface area contributed by atoms with E-state index in [4.69, 9.17) is 28.3 Å². The van der Waals surface area contributed by atoms with Crippen molar-refractivity contribution in [3.8, 4) is 0 Å². The normalized spacial score (nSPS) is 13.4. The fraction of sp³-hybridized carbons (Fsp3) is 0.429. The Morgan fingerprint density at radius 1 is 1.33 bits per heavy atom. The summed E-state index contributed by atoms with van der Waals surface area (Å²) < 4.78 is 0. The molecule has 2 amide bonds. The molecule has 0 radical (unpaired) electrons. The molecule has 0 saturated carbocycles. The number of carbonyl (C=O) groups excluding carboxylic acids is 1. The number of carboxylic acid groups (broad SMARTS) is 1. The van der Waals surface area contributed by atoms with Crippen molar-refractivity contribution in [2.24, 2.45) is 5.41 Å². The van der Waals surface area contributed by atoms with Crippen LogP contribution in [0.4, 0.5) is 10.5 Å². The summed E-state index contributed by atoms with van der Waals surface area (Å²) in [6.45, 7) is 5.12. The number of hydrogen-bond donors (Lipinski definition) is 3. The number of carboxylic acids is 1. The number of nitrogens with one attached hydrogen (secondary N) is 2. The Labute approximate surface area is 133 Å². The molecule has 0 heterocycles. The van der Waals surface area contributed by atoms with Crippen LogP contribution in [-0.2, 0) is 4.79 Å². The number of aliphatic carboxylic acids is 1. The summed E-state index contributed by atoms with van der Waals surface area (Å²) in [5.41, 5.74) is 0.0713. The first-order valence-corrected chi connectivity index (χ1v) is 7.19. The van der Waals surface area contributed by atoms with Crippen LogP contribution in [0.1, 0.15) is 25.8 Å². The van der Waals surface area contributed by atoms with Gasteiger partial charge in [0.1, 0.15) is 0 Å². The zero-order valence-electron chi connectivity index (χ0n) is 12.1. The molecule has 21 heavy (non-hydrogen) atoms. The van der Waals surface area contributed by atoms with Gasteiger partial charge >= 0.3 is 12.0 Å². The van der Waals surface area contributed by atoms with Gasteiger partial charge in [-0.2, -0.15) is 0 Å². The van der Waals surface area contributed by atoms with Crippen LogP contribution in [-0.4, -0.2) is 23.7 Å². The van der Waals surface area contributed by atoms with Gasteiger partial charge in [-0.15, -0.1) is 0 Å². The molecular weight excluding hydrogens is 315 g/mol. The van der Waals surface area contributed by atoms with E-state index < -0.39 is 17.4 Å². The number of hydrogen-bond acceptors (Lipinski definition) is 2. The number of amides is 2. The smallest absolute Gasteiger partial charge is 0.319 e. The third-order valence-corrected chi connectivity index (χ3v) is 4.26. The zero-order valence-corrected chi connectivity index (χ0v) is 13.6. The van der Waals surface area contributed by atoms with Crippen molar-refractivity contribution in [1.82, 2.24) is 5.32 Å². The van der Waals surface area contributed by atoms with Gasteiger partial charge in [0, 0.05) is 6.54 Å². The van der Waals surface area contributed by atoms with E-state index in [1.165, 1.54) is 0 Å². The Kier molecular flexibility index (Phi) is 5.87. The molecule has 1 aromatic rings. The lowest BCUT2D eigenvalue weighted by atomic mass is 9.88. The van der Waals surface area contributed by atoms with Crippen LogP contribution in [0.5, 0.6) is 0 Å². The predicted octanol–water partition coefficient (Wildman–Crippen LogP) is 3.92. The Balaban J connectivity index is 2.76. The summed E-state index contributed by atoms with van der Waals surface area (Å²) in [5.74, 6) is -0.961. The Morgan fingerprint density at radius 3 is 2.48 bits per heavy atom. The van der Waals surface area contributed by atoms with Crippen LogP contribution in [0.3, 0.4) is 0 Å². The van der Waals surface area contributed by atoms with Crippen LogP contribution >= 0.6 is 23.2 Å². The zero-order chi connectivity index (χ0) is 16.2. The summed E-state index contributed by atoms with van der Waals surface area (Å²) in [6.07, 6.45) is 0.397. The highest BCUT2D eigenvalue weighted by Crippen LogP contribution is 2.32. The Bertz CT molecular complexity index is 563. The van der Waals surface area contributed by atoms with E-state index in [-0.39, 0.29) is 6.54 Å². The molecule has 116 valence electrons. The average Bonchev–Trinajstić information content (AvgIpc) is 2.44. The molecule has 0 aliphatic carbocycles. The Morgan fingerprint density at radius 2 is 1.95 bits per heavy atom. The summed E-state index contributed by atoms with van der Waals surface area (Å²) in [4.78, 5) is 23.0. The second-order valence-corrected chi connectivity index (χ2v) is 5.87. The molecule has 0 bridgehead atoms. The highest BCUT2D eigenvalue weighted by Gasteiger charge is 2.31. The van der Waals surface area contributed by atoms with Gasteiger partial charge in [-0.05, 0) is 31.9 Å². The summed E-state index contributed by atoms with van der Waals surface area (Å²) in [7, 11) is 0. The monoisotopic (exact) mass is 332 g/mol. The molecule has 0 fully saturated rings. The van der Waals surface area contributed by atoms with E-state index in [2.05, 4.69) is 10.6 Å². The van der Waals surface area contributed by atoms with E-state index in [0.29, 0.717) is 22.2 Å². The standard InChI is InChI=1S/C14H18Cl2N2O3/c1-4-14(3,12(19)20)7-17-13(21)18-11-9(15)6-5-8(2)10(11)16/h5-6H,4,7H2,1-3H3,(H,19,20)(H2,17,18,21). The van der Waals surface area contributed by atoms with Crippen molar-refractivity contribution in [2.45, 2.75) is 27.2 Å². The summed E-state index contributed by atoms with van der Waals surface area (Å²) >= 11 is 12.1. The molecule has 1 atom stereocenters. The highest BCUT2D eigenvalue weighted by molar-refractivity contribution is 6.40. The second-order valence-electron chi connectivity index (χ2n) is 5.08. The third kappa shape index (κ3) is 4.25. The minimum atomic E-state index is -1.02. The molecule has 1 rings (SSSR count). The third-order valence-electron chi connectivity index (χ3n) is 3.46. The molecule has 0 saturated heterocycles. The van der Waals surface area contributed by atoms with Crippen molar-refractivity contribution in [3.05, 3.63) is 27.7 Å². The number of urea groups is 1. The molecule has 5 nitrogen and oxygen atoms in total. The Hall–Kier alpha value is -1.46. The van der Waals surface area contributed by atoms with Gasteiger partial charge in [0.25, 0.3) is 0 Å². The van der Waals surface area contributed by atoms with Gasteiger partial charge in [-0.1, -0.05) is 36.2 Å². The summed E-state index contributed by atoms with van der Waals surface area (Å²) in [6, 6.07) is 2.82. The molecule has 0 aliphatic heterocycles. The summed E-state index contributed by atoms with van der Waals surface area (Å²) in [5, 5.41) is 14.9. The lowest BCUT2D eigenvalue weighted by Gasteiger charge is -2.23. The molecule has 0 spiro atoms. The van der Waals surface area contributed by atoms with E-state index >= 15 is 0 Å². The molecule has 0 aliphatic rings. The van der Waals surface area contributed by atoms with E-state index in [9.17, 15) is 9.59 Å². The van der Waals surface area contributed by atoms with Crippen LogP contribution < -0.4 is 10.6 Å². The van der Waals surface area contributed by atoms with Crippen LogP contribution in [0.2, 0.25) is 10.0 Å². The van der Waals surface area contributed by atoms with Crippen molar-refractivity contribution >= 4 is 40.9 Å². The molecule has 1 unspecified atom stereocenters. The minimum absolute atomic E-state index is 0.00568. The quantitative estimate of drug-likeness (QED) is 0.764. The van der Waals surface area contributed by atoms with Gasteiger partial charge in [-0.25, -0.2) is 4.79 Å². The van der Waals surface area contributed by atoms with E-state index in [1.54, 1.807) is 32.9 Å². The van der Waals surface area contributed by atoms with Gasteiger partial charge < -0.3 is 15.7 Å². The molecular formula is C14H18Cl2N2O3. The van der Waals surface area contributed by atoms with Crippen molar-refractivity contribution < 1.29 is 14.7 Å². The highest BCUT2D eigenvalue weighted by atomic mass is 35.5. The number of rotatable bonds is 5. The maximum atomic E-state index is 11.9. The van der Waals surface area contributed by atoms with Crippen molar-refractivity contribution in [1.29, 1.82) is 0 Å². The van der Waals surface area contributed by atoms with Gasteiger partial charge in [0.15, 0.2) is 0 Å². The lowest BCUT2D eigenvalue weighted by Crippen LogP contribution is -2.42. The maximum absolute atomic E-state index is 11.9. The van der Waals surface area contributed by atoms with Gasteiger partial charge in [-0.3, -0.25) is 4.79 Å². The lowest BCUT2D eigenvalue weighted by molar-refractivity contribution is -0.147. The van der Waals surface area contributed by atoms with E-state index in [0.717, 1.165) is 5.56 Å². The molecule has 1 aromatic carbocycles. The first-order chi connectivity index (χ1) is 9.71. The number of benzene rings is 1. The molecule has 0 aromatic heterocycles. The number of anilines is 1. The number of halogens is 2. The van der Waals surface area contributed by atoms with Crippen LogP contribution in [0.25, 0.3) is 0 Å². The second kappa shape index (κ2) is 7.00. The van der Waals surface area contributed by atoms with Crippen molar-refractivity contribution in [3.63, 3.8) is 0 Å². The molecule has 3 N–H and O–H groups in total.